The number of ether oxygens (including phenoxy) is 2. The predicted molar refractivity (Wildman–Crippen MR) is 96.8 cm³/mol. The normalized spacial score (nSPS) is 14.8. The molecule has 0 saturated heterocycles. The van der Waals surface area contributed by atoms with E-state index in [-0.39, 0.29) is 12.5 Å². The Kier molecular flexibility index (Phi) is 6.10. The zero-order valence-corrected chi connectivity index (χ0v) is 15.0. The van der Waals surface area contributed by atoms with E-state index in [0.717, 1.165) is 11.1 Å². The summed E-state index contributed by atoms with van der Waals surface area (Å²) in [5, 5.41) is 10.6. The molecule has 0 saturated carbocycles. The van der Waals surface area contributed by atoms with Gasteiger partial charge < -0.3 is 20.3 Å². The van der Waals surface area contributed by atoms with E-state index >= 15 is 0 Å². The average Bonchev–Trinajstić information content (AvgIpc) is 2.60. The number of benzene rings is 2. The number of aliphatic hydroxyl groups excluding tert-OH is 1. The summed E-state index contributed by atoms with van der Waals surface area (Å²) in [4.78, 5) is 0. The average molecular weight is 350 g/mol. The van der Waals surface area contributed by atoms with E-state index in [0.29, 0.717) is 22.9 Å². The number of nitrogens with two attached hydrogens (primary N) is 1. The second-order valence-corrected chi connectivity index (χ2v) is 6.44. The van der Waals surface area contributed by atoms with E-state index in [2.05, 4.69) is 0 Å². The SMILES string of the molecule is COc1ccc(CC(C)[C@](N)(CO)c2cccc(Cl)c2)cc1OC. The van der Waals surface area contributed by atoms with Gasteiger partial charge in [0.05, 0.1) is 26.4 Å². The molecule has 2 atom stereocenters. The van der Waals surface area contributed by atoms with Crippen LogP contribution in [0.15, 0.2) is 42.5 Å². The molecule has 2 aromatic carbocycles. The van der Waals surface area contributed by atoms with Crippen molar-refractivity contribution in [2.45, 2.75) is 18.9 Å². The van der Waals surface area contributed by atoms with Crippen molar-refractivity contribution in [2.24, 2.45) is 11.7 Å². The second-order valence-electron chi connectivity index (χ2n) is 6.00. The summed E-state index contributed by atoms with van der Waals surface area (Å²) in [6.45, 7) is 1.86. The smallest absolute Gasteiger partial charge is 0.160 e. The Balaban J connectivity index is 2.28. The van der Waals surface area contributed by atoms with Crippen LogP contribution < -0.4 is 15.2 Å². The number of rotatable bonds is 7. The molecule has 0 fully saturated rings. The Bertz CT molecular complexity index is 692. The summed E-state index contributed by atoms with van der Waals surface area (Å²) in [7, 11) is 3.22. The van der Waals surface area contributed by atoms with Crippen LogP contribution in [0.2, 0.25) is 5.02 Å². The van der Waals surface area contributed by atoms with E-state index in [4.69, 9.17) is 26.8 Å². The van der Waals surface area contributed by atoms with Gasteiger partial charge in [-0.15, -0.1) is 0 Å². The minimum atomic E-state index is -0.877. The molecule has 3 N–H and O–H groups in total. The summed E-state index contributed by atoms with van der Waals surface area (Å²) in [6.07, 6.45) is 0.684. The van der Waals surface area contributed by atoms with E-state index in [1.807, 2.05) is 43.3 Å². The fraction of sp³-hybridized carbons (Fsp3) is 0.368. The lowest BCUT2D eigenvalue weighted by Gasteiger charge is -2.34. The van der Waals surface area contributed by atoms with Crippen molar-refractivity contribution in [1.29, 1.82) is 0 Å². The molecule has 0 aliphatic rings. The fourth-order valence-electron chi connectivity index (χ4n) is 2.85. The number of aliphatic hydroxyl groups is 1. The topological polar surface area (TPSA) is 64.7 Å². The molecule has 0 aliphatic heterocycles. The highest BCUT2D eigenvalue weighted by Crippen LogP contribution is 2.33. The summed E-state index contributed by atoms with van der Waals surface area (Å²) >= 11 is 6.08. The van der Waals surface area contributed by atoms with Crippen LogP contribution in [0.1, 0.15) is 18.1 Å². The maximum atomic E-state index is 9.95. The molecule has 1 unspecified atom stereocenters. The number of hydrogen-bond acceptors (Lipinski definition) is 4. The molecule has 0 bridgehead atoms. The van der Waals surface area contributed by atoms with Crippen LogP contribution in [0, 0.1) is 5.92 Å². The van der Waals surface area contributed by atoms with Crippen molar-refractivity contribution < 1.29 is 14.6 Å². The van der Waals surface area contributed by atoms with Crippen LogP contribution in [-0.2, 0) is 12.0 Å². The maximum absolute atomic E-state index is 9.95. The van der Waals surface area contributed by atoms with Gasteiger partial charge in [0.25, 0.3) is 0 Å². The van der Waals surface area contributed by atoms with Crippen molar-refractivity contribution in [3.05, 3.63) is 58.6 Å². The van der Waals surface area contributed by atoms with Crippen molar-refractivity contribution in [3.8, 4) is 11.5 Å². The lowest BCUT2D eigenvalue weighted by Crippen LogP contribution is -2.47. The Labute approximate surface area is 148 Å². The summed E-state index contributed by atoms with van der Waals surface area (Å²) < 4.78 is 10.6. The van der Waals surface area contributed by atoms with Gasteiger partial charge in [0, 0.05) is 5.02 Å². The molecule has 4 nitrogen and oxygen atoms in total. The molecule has 0 aromatic heterocycles. The van der Waals surface area contributed by atoms with Crippen molar-refractivity contribution >= 4 is 11.6 Å². The van der Waals surface area contributed by atoms with E-state index < -0.39 is 5.54 Å². The first-order valence-corrected chi connectivity index (χ1v) is 8.19. The molecule has 0 heterocycles. The first-order chi connectivity index (χ1) is 11.4. The van der Waals surface area contributed by atoms with Gasteiger partial charge in [0.15, 0.2) is 11.5 Å². The molecule has 2 rings (SSSR count). The maximum Gasteiger partial charge on any atom is 0.160 e. The van der Waals surface area contributed by atoms with Gasteiger partial charge >= 0.3 is 0 Å². The quantitative estimate of drug-likeness (QED) is 0.804. The summed E-state index contributed by atoms with van der Waals surface area (Å²) in [6, 6.07) is 13.1. The zero-order chi connectivity index (χ0) is 17.7. The monoisotopic (exact) mass is 349 g/mol. The van der Waals surface area contributed by atoms with Crippen LogP contribution in [0.4, 0.5) is 0 Å². The first kappa shape index (κ1) is 18.6. The van der Waals surface area contributed by atoms with Gasteiger partial charge in [-0.05, 0) is 47.7 Å². The number of hydrogen-bond donors (Lipinski definition) is 2. The van der Waals surface area contributed by atoms with E-state index in [9.17, 15) is 5.11 Å². The second kappa shape index (κ2) is 7.88. The Morgan fingerprint density at radius 1 is 1.12 bits per heavy atom. The highest BCUT2D eigenvalue weighted by Gasteiger charge is 2.33. The Morgan fingerprint density at radius 3 is 2.42 bits per heavy atom. The fourth-order valence-corrected chi connectivity index (χ4v) is 3.04. The van der Waals surface area contributed by atoms with Crippen LogP contribution in [-0.4, -0.2) is 25.9 Å². The molecule has 0 radical (unpaired) electrons. The molecular weight excluding hydrogens is 326 g/mol. The molecule has 130 valence electrons. The van der Waals surface area contributed by atoms with Crippen LogP contribution in [0.5, 0.6) is 11.5 Å². The lowest BCUT2D eigenvalue weighted by atomic mass is 9.77. The van der Waals surface area contributed by atoms with Crippen LogP contribution in [0.3, 0.4) is 0 Å². The van der Waals surface area contributed by atoms with Crippen molar-refractivity contribution in [2.75, 3.05) is 20.8 Å². The summed E-state index contributed by atoms with van der Waals surface area (Å²) in [5.41, 5.74) is 7.55. The molecule has 0 amide bonds. The van der Waals surface area contributed by atoms with Gasteiger partial charge in [-0.3, -0.25) is 0 Å². The predicted octanol–water partition coefficient (Wildman–Crippen LogP) is 3.38. The number of methoxy groups -OCH3 is 2. The molecule has 24 heavy (non-hydrogen) atoms. The van der Waals surface area contributed by atoms with Crippen molar-refractivity contribution in [3.63, 3.8) is 0 Å². The molecule has 5 heteroatoms. The minimum absolute atomic E-state index is 0.0148. The molecule has 0 aliphatic carbocycles. The Hall–Kier alpha value is -1.75. The first-order valence-electron chi connectivity index (χ1n) is 7.81. The van der Waals surface area contributed by atoms with Gasteiger partial charge in [0.2, 0.25) is 0 Å². The van der Waals surface area contributed by atoms with E-state index in [1.54, 1.807) is 20.3 Å². The van der Waals surface area contributed by atoms with Gasteiger partial charge in [-0.25, -0.2) is 0 Å². The van der Waals surface area contributed by atoms with Gasteiger partial charge in [-0.2, -0.15) is 0 Å². The third-order valence-corrected chi connectivity index (χ3v) is 4.73. The zero-order valence-electron chi connectivity index (χ0n) is 14.3. The lowest BCUT2D eigenvalue weighted by molar-refractivity contribution is 0.146. The molecular formula is C19H24ClNO3. The highest BCUT2D eigenvalue weighted by molar-refractivity contribution is 6.30. The summed E-state index contributed by atoms with van der Waals surface area (Å²) in [5.74, 6) is 1.35. The standard InChI is InChI=1S/C19H24ClNO3/c1-13(9-14-7-8-17(23-2)18(10-14)24-3)19(21,12-22)15-5-4-6-16(20)11-15/h4-8,10-11,13,22H,9,12,21H2,1-3H3/t13?,19-/m1/s1. The van der Waals surface area contributed by atoms with Crippen LogP contribution in [0.25, 0.3) is 0 Å². The largest absolute Gasteiger partial charge is 0.493 e. The molecule has 0 spiro atoms. The van der Waals surface area contributed by atoms with Gasteiger partial charge in [0.1, 0.15) is 0 Å². The van der Waals surface area contributed by atoms with Crippen LogP contribution >= 0.6 is 11.6 Å². The van der Waals surface area contributed by atoms with E-state index in [1.165, 1.54) is 0 Å². The van der Waals surface area contributed by atoms with Gasteiger partial charge in [-0.1, -0.05) is 36.7 Å². The minimum Gasteiger partial charge on any atom is -0.493 e. The van der Waals surface area contributed by atoms with Crippen molar-refractivity contribution in [1.82, 2.24) is 0 Å². The third kappa shape index (κ3) is 3.83. The Morgan fingerprint density at radius 2 is 1.83 bits per heavy atom. The third-order valence-electron chi connectivity index (χ3n) is 4.49. The highest BCUT2D eigenvalue weighted by atomic mass is 35.5. The number of halogens is 1. The molecule has 2 aromatic rings.